The summed E-state index contributed by atoms with van der Waals surface area (Å²) >= 11 is 0. The van der Waals surface area contributed by atoms with Crippen LogP contribution in [0, 0.1) is 0 Å². The van der Waals surface area contributed by atoms with Crippen LogP contribution >= 0.6 is 0 Å². The molecule has 2 rings (SSSR count). The number of amides is 1. The predicted octanol–water partition coefficient (Wildman–Crippen LogP) is 3.92. The molecule has 0 radical (unpaired) electrons. The van der Waals surface area contributed by atoms with Gasteiger partial charge < -0.3 is 15.8 Å². The van der Waals surface area contributed by atoms with Crippen LogP contribution in [-0.2, 0) is 17.6 Å². The third-order valence-electron chi connectivity index (χ3n) is 3.76. The molecular formula is C21H28N2O2. The number of nitrogens with two attached hydrogens (primary N) is 1. The second-order valence-corrected chi connectivity index (χ2v) is 7.11. The first-order valence-corrected chi connectivity index (χ1v) is 8.72. The topological polar surface area (TPSA) is 64.3 Å². The second kappa shape index (κ2) is 8.67. The molecule has 0 heterocycles. The lowest BCUT2D eigenvalue weighted by molar-refractivity contribution is 0.0528. The quantitative estimate of drug-likeness (QED) is 0.837. The van der Waals surface area contributed by atoms with E-state index in [1.54, 1.807) is 0 Å². The third-order valence-corrected chi connectivity index (χ3v) is 3.76. The van der Waals surface area contributed by atoms with Crippen molar-refractivity contribution in [3.63, 3.8) is 0 Å². The lowest BCUT2D eigenvalue weighted by Crippen LogP contribution is -2.33. The van der Waals surface area contributed by atoms with Crippen molar-refractivity contribution in [1.29, 1.82) is 0 Å². The summed E-state index contributed by atoms with van der Waals surface area (Å²) < 4.78 is 5.22. The minimum atomic E-state index is -0.467. The normalized spacial score (nSPS) is 11.2. The molecule has 0 aliphatic rings. The van der Waals surface area contributed by atoms with Crippen LogP contribution in [0.3, 0.4) is 0 Å². The fourth-order valence-corrected chi connectivity index (χ4v) is 2.52. The molecule has 0 saturated carbocycles. The van der Waals surface area contributed by atoms with E-state index in [0.29, 0.717) is 13.1 Å². The SMILES string of the molecule is CC(C)(C)OC(=O)NCCc1ccc(-c2ccc(CCN)cc2)cc1. The van der Waals surface area contributed by atoms with Gasteiger partial charge in [-0.05, 0) is 62.4 Å². The van der Waals surface area contributed by atoms with Crippen molar-refractivity contribution in [3.8, 4) is 11.1 Å². The molecule has 4 heteroatoms. The summed E-state index contributed by atoms with van der Waals surface area (Å²) in [5.74, 6) is 0. The Hall–Kier alpha value is -2.33. The summed E-state index contributed by atoms with van der Waals surface area (Å²) in [7, 11) is 0. The molecule has 0 fully saturated rings. The van der Waals surface area contributed by atoms with E-state index < -0.39 is 5.60 Å². The minimum absolute atomic E-state index is 0.373. The number of alkyl carbamates (subject to hydrolysis) is 1. The van der Waals surface area contributed by atoms with Crippen LogP contribution in [0.5, 0.6) is 0 Å². The molecule has 0 aromatic heterocycles. The second-order valence-electron chi connectivity index (χ2n) is 7.11. The van der Waals surface area contributed by atoms with E-state index in [1.807, 2.05) is 20.8 Å². The third kappa shape index (κ3) is 6.59. The summed E-state index contributed by atoms with van der Waals surface area (Å²) in [6.07, 6.45) is 1.31. The van der Waals surface area contributed by atoms with Crippen LogP contribution in [0.25, 0.3) is 11.1 Å². The van der Waals surface area contributed by atoms with Gasteiger partial charge in [-0.2, -0.15) is 0 Å². The Labute approximate surface area is 150 Å². The molecule has 0 bridgehead atoms. The van der Waals surface area contributed by atoms with Crippen molar-refractivity contribution < 1.29 is 9.53 Å². The fraction of sp³-hybridized carbons (Fsp3) is 0.381. The summed E-state index contributed by atoms with van der Waals surface area (Å²) in [6.45, 7) is 6.79. The molecule has 0 saturated heterocycles. The van der Waals surface area contributed by atoms with Crippen LogP contribution in [-0.4, -0.2) is 24.8 Å². The average Bonchev–Trinajstić information content (AvgIpc) is 2.55. The van der Waals surface area contributed by atoms with Gasteiger partial charge in [0, 0.05) is 6.54 Å². The first-order valence-electron chi connectivity index (χ1n) is 8.72. The Bertz CT molecular complexity index is 671. The molecule has 3 N–H and O–H groups in total. The molecule has 0 spiro atoms. The Morgan fingerprint density at radius 3 is 1.84 bits per heavy atom. The molecule has 2 aromatic carbocycles. The first kappa shape index (κ1) is 19.0. The van der Waals surface area contributed by atoms with Crippen LogP contribution in [0.15, 0.2) is 48.5 Å². The van der Waals surface area contributed by atoms with Crippen molar-refractivity contribution in [2.45, 2.75) is 39.2 Å². The van der Waals surface area contributed by atoms with Gasteiger partial charge in [-0.1, -0.05) is 48.5 Å². The van der Waals surface area contributed by atoms with E-state index in [-0.39, 0.29) is 6.09 Å². The maximum absolute atomic E-state index is 11.6. The molecule has 134 valence electrons. The van der Waals surface area contributed by atoms with Gasteiger partial charge in [-0.25, -0.2) is 4.79 Å². The fourth-order valence-electron chi connectivity index (χ4n) is 2.52. The maximum Gasteiger partial charge on any atom is 0.407 e. The number of hydrogen-bond donors (Lipinski definition) is 2. The smallest absolute Gasteiger partial charge is 0.407 e. The summed E-state index contributed by atoms with van der Waals surface area (Å²) in [5, 5.41) is 2.78. The van der Waals surface area contributed by atoms with E-state index in [1.165, 1.54) is 22.3 Å². The predicted molar refractivity (Wildman–Crippen MR) is 103 cm³/mol. The van der Waals surface area contributed by atoms with Gasteiger partial charge in [0.05, 0.1) is 0 Å². The Morgan fingerprint density at radius 1 is 0.920 bits per heavy atom. The summed E-state index contributed by atoms with van der Waals surface area (Å²) in [4.78, 5) is 11.6. The molecular weight excluding hydrogens is 312 g/mol. The van der Waals surface area contributed by atoms with Gasteiger partial charge in [0.1, 0.15) is 5.60 Å². The van der Waals surface area contributed by atoms with Crippen molar-refractivity contribution >= 4 is 6.09 Å². The number of benzene rings is 2. The van der Waals surface area contributed by atoms with E-state index in [2.05, 4.69) is 53.8 Å². The molecule has 0 unspecified atom stereocenters. The average molecular weight is 340 g/mol. The maximum atomic E-state index is 11.6. The molecule has 1 amide bonds. The lowest BCUT2D eigenvalue weighted by atomic mass is 10.0. The van der Waals surface area contributed by atoms with Crippen LogP contribution in [0.1, 0.15) is 31.9 Å². The van der Waals surface area contributed by atoms with Gasteiger partial charge in [-0.3, -0.25) is 0 Å². The highest BCUT2D eigenvalue weighted by atomic mass is 16.6. The number of carbonyl (C=O) groups is 1. The molecule has 25 heavy (non-hydrogen) atoms. The van der Waals surface area contributed by atoms with Gasteiger partial charge in [-0.15, -0.1) is 0 Å². The molecule has 4 nitrogen and oxygen atoms in total. The lowest BCUT2D eigenvalue weighted by Gasteiger charge is -2.19. The largest absolute Gasteiger partial charge is 0.444 e. The summed E-state index contributed by atoms with van der Waals surface area (Å²) in [5.41, 5.74) is 9.93. The van der Waals surface area contributed by atoms with E-state index >= 15 is 0 Å². The van der Waals surface area contributed by atoms with Crippen molar-refractivity contribution in [2.75, 3.05) is 13.1 Å². The van der Waals surface area contributed by atoms with Crippen molar-refractivity contribution in [3.05, 3.63) is 59.7 Å². The minimum Gasteiger partial charge on any atom is -0.444 e. The van der Waals surface area contributed by atoms with Gasteiger partial charge in [0.25, 0.3) is 0 Å². The number of nitrogens with one attached hydrogen (secondary N) is 1. The first-order chi connectivity index (χ1) is 11.9. The zero-order chi connectivity index (χ0) is 18.3. The molecule has 2 aromatic rings. The number of hydrogen-bond acceptors (Lipinski definition) is 3. The summed E-state index contributed by atoms with van der Waals surface area (Å²) in [6, 6.07) is 16.9. The van der Waals surface area contributed by atoms with E-state index in [9.17, 15) is 4.79 Å². The van der Waals surface area contributed by atoms with Crippen molar-refractivity contribution in [1.82, 2.24) is 5.32 Å². The van der Waals surface area contributed by atoms with Crippen LogP contribution < -0.4 is 11.1 Å². The van der Waals surface area contributed by atoms with Crippen LogP contribution in [0.4, 0.5) is 4.79 Å². The monoisotopic (exact) mass is 340 g/mol. The standard InChI is InChI=1S/C21H28N2O2/c1-21(2,3)25-20(24)23-15-13-17-6-10-19(11-7-17)18-8-4-16(5-9-18)12-14-22/h4-11H,12-15,22H2,1-3H3,(H,23,24). The van der Waals surface area contributed by atoms with Crippen LogP contribution in [0.2, 0.25) is 0 Å². The highest BCUT2D eigenvalue weighted by Crippen LogP contribution is 2.20. The van der Waals surface area contributed by atoms with Gasteiger partial charge >= 0.3 is 6.09 Å². The number of rotatable bonds is 6. The molecule has 0 atom stereocenters. The zero-order valence-corrected chi connectivity index (χ0v) is 15.3. The number of ether oxygens (including phenoxy) is 1. The molecule has 0 aliphatic carbocycles. The molecule has 0 aliphatic heterocycles. The van der Waals surface area contributed by atoms with E-state index in [0.717, 1.165) is 12.8 Å². The highest BCUT2D eigenvalue weighted by Gasteiger charge is 2.15. The van der Waals surface area contributed by atoms with Gasteiger partial charge in [0.2, 0.25) is 0 Å². The van der Waals surface area contributed by atoms with E-state index in [4.69, 9.17) is 10.5 Å². The Balaban J connectivity index is 1.86. The zero-order valence-electron chi connectivity index (χ0n) is 15.3. The van der Waals surface area contributed by atoms with Crippen molar-refractivity contribution in [2.24, 2.45) is 5.73 Å². The number of carbonyl (C=O) groups excluding carboxylic acids is 1. The Morgan fingerprint density at radius 2 is 1.40 bits per heavy atom. The van der Waals surface area contributed by atoms with Gasteiger partial charge in [0.15, 0.2) is 0 Å². The highest BCUT2D eigenvalue weighted by molar-refractivity contribution is 5.67. The Kier molecular flexibility index (Phi) is 6.59.